The Labute approximate surface area is 95.8 Å². The Morgan fingerprint density at radius 1 is 1.47 bits per heavy atom. The zero-order chi connectivity index (χ0) is 10.5. The maximum Gasteiger partial charge on any atom is 0.221 e. The van der Waals surface area contributed by atoms with Gasteiger partial charge in [0.1, 0.15) is 0 Å². The molecule has 2 aliphatic heterocycles. The summed E-state index contributed by atoms with van der Waals surface area (Å²) in [6.45, 7) is 1.96. The normalized spacial score (nSPS) is 32.4. The van der Waals surface area contributed by atoms with Gasteiger partial charge < -0.3 is 10.6 Å². The van der Waals surface area contributed by atoms with E-state index in [2.05, 4.69) is 22.4 Å². The lowest BCUT2D eigenvalue weighted by Crippen LogP contribution is -2.35. The minimum atomic E-state index is 0.214. The van der Waals surface area contributed by atoms with Gasteiger partial charge in [-0.25, -0.2) is 0 Å². The van der Waals surface area contributed by atoms with Crippen LogP contribution in [-0.4, -0.2) is 36.5 Å². The number of amides is 1. The number of thioether (sulfide) groups is 1. The van der Waals surface area contributed by atoms with Crippen molar-refractivity contribution in [3.8, 4) is 0 Å². The first-order valence-corrected chi connectivity index (χ1v) is 7.08. The standard InChI is InChI=1S/C11H20N2OS/c14-11-6-10(2-1-4-12-11)13-7-9-3-5-15-8-9/h9-10,13H,1-8H2,(H,12,14). The van der Waals surface area contributed by atoms with Crippen molar-refractivity contribution in [3.63, 3.8) is 0 Å². The Balaban J connectivity index is 1.70. The molecule has 2 rings (SSSR count). The van der Waals surface area contributed by atoms with E-state index in [0.29, 0.717) is 12.5 Å². The molecule has 2 aliphatic rings. The summed E-state index contributed by atoms with van der Waals surface area (Å²) in [6.07, 6.45) is 4.26. The van der Waals surface area contributed by atoms with Crippen LogP contribution in [0, 0.1) is 5.92 Å². The van der Waals surface area contributed by atoms with E-state index >= 15 is 0 Å². The van der Waals surface area contributed by atoms with Gasteiger partial charge in [-0.2, -0.15) is 11.8 Å². The van der Waals surface area contributed by atoms with Crippen LogP contribution in [0.5, 0.6) is 0 Å². The highest BCUT2D eigenvalue weighted by Crippen LogP contribution is 2.22. The van der Waals surface area contributed by atoms with E-state index in [-0.39, 0.29) is 5.91 Å². The average molecular weight is 228 g/mol. The van der Waals surface area contributed by atoms with Crippen molar-refractivity contribution in [2.24, 2.45) is 5.92 Å². The van der Waals surface area contributed by atoms with E-state index in [0.717, 1.165) is 31.8 Å². The van der Waals surface area contributed by atoms with Gasteiger partial charge in [0.25, 0.3) is 0 Å². The third kappa shape index (κ3) is 3.68. The maximum atomic E-state index is 11.3. The molecule has 1 amide bonds. The number of nitrogens with one attached hydrogen (secondary N) is 2. The predicted molar refractivity (Wildman–Crippen MR) is 64.1 cm³/mol. The zero-order valence-corrected chi connectivity index (χ0v) is 9.94. The van der Waals surface area contributed by atoms with Crippen LogP contribution in [0.1, 0.15) is 25.7 Å². The zero-order valence-electron chi connectivity index (χ0n) is 9.13. The van der Waals surface area contributed by atoms with Gasteiger partial charge in [-0.3, -0.25) is 4.79 Å². The van der Waals surface area contributed by atoms with Crippen LogP contribution in [0.2, 0.25) is 0 Å². The summed E-state index contributed by atoms with van der Waals surface area (Å²) in [6, 6.07) is 0.415. The van der Waals surface area contributed by atoms with E-state index in [1.165, 1.54) is 17.9 Å². The average Bonchev–Trinajstić information content (AvgIpc) is 2.65. The van der Waals surface area contributed by atoms with Gasteiger partial charge in [0.2, 0.25) is 5.91 Å². The van der Waals surface area contributed by atoms with Crippen molar-refractivity contribution < 1.29 is 4.79 Å². The lowest BCUT2D eigenvalue weighted by molar-refractivity contribution is -0.121. The number of rotatable bonds is 3. The maximum absolute atomic E-state index is 11.3. The highest BCUT2D eigenvalue weighted by molar-refractivity contribution is 7.99. The molecule has 0 radical (unpaired) electrons. The lowest BCUT2D eigenvalue weighted by atomic mass is 10.1. The summed E-state index contributed by atoms with van der Waals surface area (Å²) in [7, 11) is 0. The first-order valence-electron chi connectivity index (χ1n) is 5.92. The fourth-order valence-electron chi connectivity index (χ4n) is 2.23. The highest BCUT2D eigenvalue weighted by atomic mass is 32.2. The molecule has 0 aromatic rings. The molecule has 15 heavy (non-hydrogen) atoms. The quantitative estimate of drug-likeness (QED) is 0.757. The summed E-state index contributed by atoms with van der Waals surface area (Å²) in [5.74, 6) is 3.66. The van der Waals surface area contributed by atoms with E-state index in [1.54, 1.807) is 0 Å². The van der Waals surface area contributed by atoms with Crippen LogP contribution in [0.3, 0.4) is 0 Å². The molecule has 2 heterocycles. The Morgan fingerprint density at radius 2 is 2.40 bits per heavy atom. The number of carbonyl (C=O) groups is 1. The summed E-state index contributed by atoms with van der Waals surface area (Å²) < 4.78 is 0. The molecule has 0 aliphatic carbocycles. The van der Waals surface area contributed by atoms with Gasteiger partial charge in [-0.05, 0) is 43.2 Å². The molecule has 3 nitrogen and oxygen atoms in total. The van der Waals surface area contributed by atoms with Gasteiger partial charge in [0.15, 0.2) is 0 Å². The third-order valence-corrected chi connectivity index (χ3v) is 4.43. The summed E-state index contributed by atoms with van der Waals surface area (Å²) >= 11 is 2.05. The largest absolute Gasteiger partial charge is 0.356 e. The fourth-order valence-corrected chi connectivity index (χ4v) is 3.51. The van der Waals surface area contributed by atoms with Crippen LogP contribution >= 0.6 is 11.8 Å². The molecule has 4 heteroatoms. The minimum absolute atomic E-state index is 0.214. The van der Waals surface area contributed by atoms with Crippen LogP contribution in [0.15, 0.2) is 0 Å². The molecule has 2 N–H and O–H groups in total. The van der Waals surface area contributed by atoms with Gasteiger partial charge >= 0.3 is 0 Å². The van der Waals surface area contributed by atoms with Gasteiger partial charge in [-0.15, -0.1) is 0 Å². The molecule has 0 spiro atoms. The first kappa shape index (κ1) is 11.3. The molecule has 0 aromatic carbocycles. The molecule has 2 fully saturated rings. The number of carbonyl (C=O) groups excluding carboxylic acids is 1. The van der Waals surface area contributed by atoms with Crippen LogP contribution in [-0.2, 0) is 4.79 Å². The fraction of sp³-hybridized carbons (Fsp3) is 0.909. The molecule has 0 bridgehead atoms. The molecule has 0 aromatic heterocycles. The molecular formula is C11H20N2OS. The number of hydrogen-bond acceptors (Lipinski definition) is 3. The molecule has 86 valence electrons. The SMILES string of the molecule is O=C1CC(NCC2CCSC2)CCCN1. The monoisotopic (exact) mass is 228 g/mol. The molecule has 2 unspecified atom stereocenters. The van der Waals surface area contributed by atoms with Crippen molar-refractivity contribution in [1.29, 1.82) is 0 Å². The topological polar surface area (TPSA) is 41.1 Å². The third-order valence-electron chi connectivity index (χ3n) is 3.20. The lowest BCUT2D eigenvalue weighted by Gasteiger charge is -2.17. The van der Waals surface area contributed by atoms with Gasteiger partial charge in [0, 0.05) is 19.0 Å². The van der Waals surface area contributed by atoms with Crippen molar-refractivity contribution >= 4 is 17.7 Å². The van der Waals surface area contributed by atoms with E-state index in [1.807, 2.05) is 0 Å². The van der Waals surface area contributed by atoms with Crippen molar-refractivity contribution in [2.75, 3.05) is 24.6 Å². The summed E-state index contributed by atoms with van der Waals surface area (Å²) in [5, 5.41) is 6.48. The van der Waals surface area contributed by atoms with Crippen molar-refractivity contribution in [1.82, 2.24) is 10.6 Å². The summed E-state index contributed by atoms with van der Waals surface area (Å²) in [5.41, 5.74) is 0. The molecule has 0 saturated carbocycles. The van der Waals surface area contributed by atoms with E-state index < -0.39 is 0 Å². The second kappa shape index (κ2) is 5.75. The predicted octanol–water partition coefficient (Wildman–Crippen LogP) is 0.998. The van der Waals surface area contributed by atoms with Gasteiger partial charge in [0.05, 0.1) is 0 Å². The first-order chi connectivity index (χ1) is 7.34. The minimum Gasteiger partial charge on any atom is -0.356 e. The van der Waals surface area contributed by atoms with Crippen LogP contribution in [0.4, 0.5) is 0 Å². The molecule has 2 atom stereocenters. The van der Waals surface area contributed by atoms with E-state index in [9.17, 15) is 4.79 Å². The molecule has 2 saturated heterocycles. The Bertz CT molecular complexity index is 217. The summed E-state index contributed by atoms with van der Waals surface area (Å²) in [4.78, 5) is 11.3. The second-order valence-corrected chi connectivity index (χ2v) is 5.68. The van der Waals surface area contributed by atoms with Gasteiger partial charge in [-0.1, -0.05) is 0 Å². The van der Waals surface area contributed by atoms with Crippen molar-refractivity contribution in [3.05, 3.63) is 0 Å². The molecular weight excluding hydrogens is 208 g/mol. The van der Waals surface area contributed by atoms with Crippen molar-refractivity contribution in [2.45, 2.75) is 31.7 Å². The van der Waals surface area contributed by atoms with Crippen LogP contribution in [0.25, 0.3) is 0 Å². The Kier molecular flexibility index (Phi) is 4.32. The van der Waals surface area contributed by atoms with E-state index in [4.69, 9.17) is 0 Å². The highest BCUT2D eigenvalue weighted by Gasteiger charge is 2.20. The Morgan fingerprint density at radius 3 is 3.20 bits per heavy atom. The number of hydrogen-bond donors (Lipinski definition) is 2. The smallest absolute Gasteiger partial charge is 0.221 e. The second-order valence-electron chi connectivity index (χ2n) is 4.53. The Hall–Kier alpha value is -0.220. The van der Waals surface area contributed by atoms with Crippen LogP contribution < -0.4 is 10.6 Å².